The number of benzene rings is 2. The molecule has 19 heavy (non-hydrogen) atoms. The first-order chi connectivity index (χ1) is 9.22. The van der Waals surface area contributed by atoms with Gasteiger partial charge in [0.05, 0.1) is 5.69 Å². The molecule has 0 amide bonds. The van der Waals surface area contributed by atoms with E-state index in [1.54, 1.807) is 6.07 Å². The third-order valence-electron chi connectivity index (χ3n) is 3.00. The molecule has 100 valence electrons. The molecule has 0 aliphatic rings. The first-order valence-electron chi connectivity index (χ1n) is 6.50. The second-order valence-corrected chi connectivity index (χ2v) is 5.35. The minimum atomic E-state index is -0.192. The van der Waals surface area contributed by atoms with Gasteiger partial charge in [-0.3, -0.25) is 0 Å². The predicted molar refractivity (Wildman–Crippen MR) is 82.5 cm³/mol. The fourth-order valence-corrected chi connectivity index (χ4v) is 2.35. The van der Waals surface area contributed by atoms with E-state index < -0.39 is 0 Å². The van der Waals surface area contributed by atoms with E-state index in [-0.39, 0.29) is 5.82 Å². The topological polar surface area (TPSA) is 3.24 Å². The van der Waals surface area contributed by atoms with Crippen molar-refractivity contribution in [2.45, 2.75) is 19.8 Å². The van der Waals surface area contributed by atoms with Crippen LogP contribution in [0.4, 0.5) is 15.8 Å². The smallest absolute Gasteiger partial charge is 0.146 e. The van der Waals surface area contributed by atoms with Crippen molar-refractivity contribution in [2.24, 2.45) is 0 Å². The summed E-state index contributed by atoms with van der Waals surface area (Å²) in [6, 6.07) is 15.0. The number of hydrogen-bond acceptors (Lipinski definition) is 1. The maximum absolute atomic E-state index is 14.1. The fourth-order valence-electron chi connectivity index (χ4n) is 2.01. The Morgan fingerprint density at radius 2 is 1.84 bits per heavy atom. The molecule has 2 rings (SSSR count). The lowest BCUT2D eigenvalue weighted by Gasteiger charge is -2.25. The number of anilines is 2. The quantitative estimate of drug-likeness (QED) is 0.700. The average Bonchev–Trinajstić information content (AvgIpc) is 2.44. The van der Waals surface area contributed by atoms with Crippen LogP contribution in [-0.4, -0.2) is 6.54 Å². The van der Waals surface area contributed by atoms with Crippen LogP contribution in [0.25, 0.3) is 0 Å². The van der Waals surface area contributed by atoms with E-state index in [4.69, 9.17) is 0 Å². The molecule has 0 heterocycles. The van der Waals surface area contributed by atoms with E-state index >= 15 is 0 Å². The highest BCUT2D eigenvalue weighted by atomic mass is 79.9. The number of nitrogens with zero attached hydrogens (tertiary/aromatic N) is 1. The molecule has 0 radical (unpaired) electrons. The molecule has 0 unspecified atom stereocenters. The summed E-state index contributed by atoms with van der Waals surface area (Å²) in [7, 11) is 0. The summed E-state index contributed by atoms with van der Waals surface area (Å²) in [4.78, 5) is 2.03. The van der Waals surface area contributed by atoms with Crippen molar-refractivity contribution in [1.82, 2.24) is 0 Å². The van der Waals surface area contributed by atoms with Gasteiger partial charge in [0.2, 0.25) is 0 Å². The van der Waals surface area contributed by atoms with Crippen LogP contribution in [0.1, 0.15) is 19.8 Å². The Balaban J connectivity index is 2.40. The minimum absolute atomic E-state index is 0.192. The molecule has 0 saturated heterocycles. The van der Waals surface area contributed by atoms with Crippen LogP contribution in [0, 0.1) is 5.82 Å². The molecule has 2 aromatic carbocycles. The number of hydrogen-bond donors (Lipinski definition) is 0. The second kappa shape index (κ2) is 6.71. The molecule has 0 bridgehead atoms. The monoisotopic (exact) mass is 321 g/mol. The summed E-state index contributed by atoms with van der Waals surface area (Å²) in [6.07, 6.45) is 2.11. The molecule has 1 nitrogen and oxygen atoms in total. The molecule has 0 N–H and O–H groups in total. The zero-order valence-electron chi connectivity index (χ0n) is 10.9. The van der Waals surface area contributed by atoms with Crippen LogP contribution in [0.2, 0.25) is 0 Å². The lowest BCUT2D eigenvalue weighted by molar-refractivity contribution is 0.622. The van der Waals surface area contributed by atoms with E-state index in [1.807, 2.05) is 41.3 Å². The largest absolute Gasteiger partial charge is 0.339 e. The Kier molecular flexibility index (Phi) is 4.97. The van der Waals surface area contributed by atoms with Gasteiger partial charge in [0.15, 0.2) is 0 Å². The van der Waals surface area contributed by atoms with Crippen molar-refractivity contribution in [3.63, 3.8) is 0 Å². The van der Waals surface area contributed by atoms with Crippen LogP contribution in [0.5, 0.6) is 0 Å². The highest BCUT2D eigenvalue weighted by molar-refractivity contribution is 9.10. The van der Waals surface area contributed by atoms with Gasteiger partial charge in [-0.15, -0.1) is 0 Å². The van der Waals surface area contributed by atoms with Crippen LogP contribution < -0.4 is 4.90 Å². The molecule has 0 spiro atoms. The van der Waals surface area contributed by atoms with Gasteiger partial charge in [-0.05, 0) is 36.8 Å². The highest BCUT2D eigenvalue weighted by Gasteiger charge is 2.13. The van der Waals surface area contributed by atoms with Crippen molar-refractivity contribution >= 4 is 27.3 Å². The molecule has 0 atom stereocenters. The standard InChI is InChI=1S/C16H17BrFN/c1-2-3-11-19(14-7-5-4-6-8-14)16-12-13(17)9-10-15(16)18/h4-10,12H,2-3,11H2,1H3. The summed E-state index contributed by atoms with van der Waals surface area (Å²) < 4.78 is 15.0. The van der Waals surface area contributed by atoms with Gasteiger partial charge in [0.1, 0.15) is 5.82 Å². The normalized spacial score (nSPS) is 10.5. The number of para-hydroxylation sites is 1. The third-order valence-corrected chi connectivity index (χ3v) is 3.50. The Hall–Kier alpha value is -1.35. The van der Waals surface area contributed by atoms with Gasteiger partial charge in [-0.1, -0.05) is 47.5 Å². The Labute approximate surface area is 122 Å². The van der Waals surface area contributed by atoms with E-state index in [9.17, 15) is 4.39 Å². The van der Waals surface area contributed by atoms with Crippen LogP contribution in [0.3, 0.4) is 0 Å². The van der Waals surface area contributed by atoms with Gasteiger partial charge >= 0.3 is 0 Å². The van der Waals surface area contributed by atoms with E-state index in [0.717, 1.165) is 29.5 Å². The van der Waals surface area contributed by atoms with Crippen molar-refractivity contribution in [2.75, 3.05) is 11.4 Å². The Morgan fingerprint density at radius 1 is 1.11 bits per heavy atom. The molecule has 0 fully saturated rings. The molecule has 2 aromatic rings. The van der Waals surface area contributed by atoms with E-state index in [1.165, 1.54) is 6.07 Å². The Morgan fingerprint density at radius 3 is 2.53 bits per heavy atom. The maximum atomic E-state index is 14.1. The van der Waals surface area contributed by atoms with Gasteiger partial charge in [0, 0.05) is 16.7 Å². The lowest BCUT2D eigenvalue weighted by Crippen LogP contribution is -2.19. The molecular weight excluding hydrogens is 305 g/mol. The summed E-state index contributed by atoms with van der Waals surface area (Å²) in [6.45, 7) is 2.95. The maximum Gasteiger partial charge on any atom is 0.146 e. The highest BCUT2D eigenvalue weighted by Crippen LogP contribution is 2.30. The first-order valence-corrected chi connectivity index (χ1v) is 7.29. The Bertz CT molecular complexity index is 528. The van der Waals surface area contributed by atoms with E-state index in [0.29, 0.717) is 5.69 Å². The second-order valence-electron chi connectivity index (χ2n) is 4.44. The molecule has 0 aliphatic heterocycles. The van der Waals surface area contributed by atoms with Crippen molar-refractivity contribution in [3.8, 4) is 0 Å². The molecule has 0 aliphatic carbocycles. The molecular formula is C16H17BrFN. The zero-order chi connectivity index (χ0) is 13.7. The first kappa shape index (κ1) is 14.1. The minimum Gasteiger partial charge on any atom is -0.339 e. The summed E-state index contributed by atoms with van der Waals surface area (Å²) in [5.74, 6) is -0.192. The van der Waals surface area contributed by atoms with Crippen molar-refractivity contribution in [3.05, 3.63) is 58.8 Å². The van der Waals surface area contributed by atoms with Gasteiger partial charge < -0.3 is 4.90 Å². The lowest BCUT2D eigenvalue weighted by atomic mass is 10.2. The summed E-state index contributed by atoms with van der Waals surface area (Å²) in [5.41, 5.74) is 1.64. The fraction of sp³-hybridized carbons (Fsp3) is 0.250. The molecule has 3 heteroatoms. The van der Waals surface area contributed by atoms with Crippen LogP contribution >= 0.6 is 15.9 Å². The van der Waals surface area contributed by atoms with E-state index in [2.05, 4.69) is 22.9 Å². The average molecular weight is 322 g/mol. The van der Waals surface area contributed by atoms with Crippen LogP contribution in [0.15, 0.2) is 53.0 Å². The molecule has 0 saturated carbocycles. The number of halogens is 2. The SMILES string of the molecule is CCCCN(c1ccccc1)c1cc(Br)ccc1F. The summed E-state index contributed by atoms with van der Waals surface area (Å²) in [5, 5.41) is 0. The molecule has 0 aromatic heterocycles. The van der Waals surface area contributed by atoms with Gasteiger partial charge in [-0.25, -0.2) is 4.39 Å². The van der Waals surface area contributed by atoms with Gasteiger partial charge in [0.25, 0.3) is 0 Å². The van der Waals surface area contributed by atoms with Crippen LogP contribution in [-0.2, 0) is 0 Å². The zero-order valence-corrected chi connectivity index (χ0v) is 12.5. The number of unbranched alkanes of at least 4 members (excludes halogenated alkanes) is 1. The van der Waals surface area contributed by atoms with Crippen molar-refractivity contribution in [1.29, 1.82) is 0 Å². The number of rotatable bonds is 5. The van der Waals surface area contributed by atoms with Crippen molar-refractivity contribution < 1.29 is 4.39 Å². The predicted octanol–water partition coefficient (Wildman–Crippen LogP) is 5.53. The van der Waals surface area contributed by atoms with Gasteiger partial charge in [-0.2, -0.15) is 0 Å². The third kappa shape index (κ3) is 3.57. The summed E-state index contributed by atoms with van der Waals surface area (Å²) >= 11 is 3.41.